The molecule has 0 aliphatic carbocycles. The summed E-state index contributed by atoms with van der Waals surface area (Å²) in [6, 6.07) is 12.7. The molecule has 8 heteroatoms. The highest BCUT2D eigenvalue weighted by atomic mass is 35.5. The van der Waals surface area contributed by atoms with Crippen molar-refractivity contribution in [1.29, 1.82) is 0 Å². The zero-order valence-electron chi connectivity index (χ0n) is 16.3. The topological polar surface area (TPSA) is 76.3 Å². The molecule has 1 aliphatic heterocycles. The average molecular weight is 432 g/mol. The first-order chi connectivity index (χ1) is 13.8. The first-order valence-electron chi connectivity index (χ1n) is 9.51. The van der Waals surface area contributed by atoms with Crippen molar-refractivity contribution in [2.75, 3.05) is 13.1 Å². The van der Waals surface area contributed by atoms with E-state index >= 15 is 0 Å². The average Bonchev–Trinajstić information content (AvgIpc) is 3.21. The smallest absolute Gasteiger partial charge is 0.243 e. The monoisotopic (exact) mass is 431 g/mol. The number of hydrogen-bond donors (Lipinski definition) is 0. The maximum atomic E-state index is 13.1. The second-order valence-electron chi connectivity index (χ2n) is 7.44. The Bertz CT molecular complexity index is 1130. The van der Waals surface area contributed by atoms with E-state index < -0.39 is 10.0 Å². The Hall–Kier alpha value is -2.22. The van der Waals surface area contributed by atoms with Crippen LogP contribution in [0.5, 0.6) is 0 Å². The third-order valence-electron chi connectivity index (χ3n) is 5.27. The number of aromatic nitrogens is 2. The van der Waals surface area contributed by atoms with E-state index in [4.69, 9.17) is 16.1 Å². The van der Waals surface area contributed by atoms with Gasteiger partial charge in [0.1, 0.15) is 0 Å². The predicted octanol–water partition coefficient (Wildman–Crippen LogP) is 4.58. The van der Waals surface area contributed by atoms with Crippen molar-refractivity contribution in [2.45, 2.75) is 37.5 Å². The largest absolute Gasteiger partial charge is 0.339 e. The van der Waals surface area contributed by atoms with E-state index in [1.807, 2.05) is 38.1 Å². The van der Waals surface area contributed by atoms with Gasteiger partial charge in [-0.25, -0.2) is 8.42 Å². The molecule has 4 rings (SSSR count). The molecule has 1 saturated heterocycles. The standard InChI is InChI=1S/C21H22ClN3O3S/c1-14-5-8-16(9-6-14)20-23-21(28-24-20)17-4-3-11-25(13-17)29(26,27)18-10-7-15(2)19(22)12-18/h5-10,12,17H,3-4,11,13H2,1-2H3/t17-/m0/s1. The Morgan fingerprint density at radius 3 is 2.62 bits per heavy atom. The summed E-state index contributed by atoms with van der Waals surface area (Å²) >= 11 is 6.14. The zero-order chi connectivity index (χ0) is 20.6. The Morgan fingerprint density at radius 2 is 1.90 bits per heavy atom. The fourth-order valence-corrected chi connectivity index (χ4v) is 5.26. The van der Waals surface area contributed by atoms with Gasteiger partial charge in [-0.15, -0.1) is 0 Å². The van der Waals surface area contributed by atoms with Crippen molar-refractivity contribution in [3.05, 3.63) is 64.5 Å². The molecule has 152 valence electrons. The maximum Gasteiger partial charge on any atom is 0.243 e. The van der Waals surface area contributed by atoms with Crippen molar-refractivity contribution < 1.29 is 12.9 Å². The van der Waals surface area contributed by atoms with E-state index in [0.717, 1.165) is 29.5 Å². The minimum atomic E-state index is -3.63. The molecule has 1 atom stereocenters. The number of halogens is 1. The van der Waals surface area contributed by atoms with E-state index in [1.54, 1.807) is 12.1 Å². The van der Waals surface area contributed by atoms with Crippen LogP contribution in [0.3, 0.4) is 0 Å². The van der Waals surface area contributed by atoms with Gasteiger partial charge in [0.25, 0.3) is 0 Å². The van der Waals surface area contributed by atoms with Gasteiger partial charge in [0.15, 0.2) is 0 Å². The molecule has 1 aromatic heterocycles. The number of sulfonamides is 1. The second-order valence-corrected chi connectivity index (χ2v) is 9.78. The van der Waals surface area contributed by atoms with Gasteiger partial charge < -0.3 is 4.52 Å². The molecule has 0 radical (unpaired) electrons. The summed E-state index contributed by atoms with van der Waals surface area (Å²) in [6.45, 7) is 4.63. The number of benzene rings is 2. The minimum absolute atomic E-state index is 0.133. The molecule has 1 aliphatic rings. The van der Waals surface area contributed by atoms with Gasteiger partial charge in [-0.2, -0.15) is 9.29 Å². The number of piperidine rings is 1. The molecule has 2 aromatic carbocycles. The lowest BCUT2D eigenvalue weighted by Crippen LogP contribution is -2.39. The van der Waals surface area contributed by atoms with Gasteiger partial charge >= 0.3 is 0 Å². The lowest BCUT2D eigenvalue weighted by Gasteiger charge is -2.30. The van der Waals surface area contributed by atoms with Crippen LogP contribution in [0.2, 0.25) is 5.02 Å². The summed E-state index contributed by atoms with van der Waals surface area (Å²) in [5, 5.41) is 4.53. The van der Waals surface area contributed by atoms with Crippen LogP contribution < -0.4 is 0 Å². The number of aryl methyl sites for hydroxylation is 2. The number of hydrogen-bond acceptors (Lipinski definition) is 5. The molecule has 2 heterocycles. The summed E-state index contributed by atoms with van der Waals surface area (Å²) in [6.07, 6.45) is 1.53. The Labute approximate surface area is 175 Å². The van der Waals surface area contributed by atoms with Gasteiger partial charge in [0, 0.05) is 23.7 Å². The van der Waals surface area contributed by atoms with Gasteiger partial charge in [0.05, 0.1) is 10.8 Å². The SMILES string of the molecule is Cc1ccc(-c2noc([C@H]3CCCN(S(=O)(=O)c4ccc(C)c(Cl)c4)C3)n2)cc1. The van der Waals surface area contributed by atoms with Gasteiger partial charge in [-0.3, -0.25) is 0 Å². The number of nitrogens with zero attached hydrogens (tertiary/aromatic N) is 3. The van der Waals surface area contributed by atoms with Crippen molar-refractivity contribution in [1.82, 2.24) is 14.4 Å². The van der Waals surface area contributed by atoms with Crippen LogP contribution in [0.4, 0.5) is 0 Å². The predicted molar refractivity (Wildman–Crippen MR) is 111 cm³/mol. The molecular formula is C21H22ClN3O3S. The third-order valence-corrected chi connectivity index (χ3v) is 7.53. The molecule has 3 aromatic rings. The fraction of sp³-hybridized carbons (Fsp3) is 0.333. The lowest BCUT2D eigenvalue weighted by atomic mass is 10.00. The number of rotatable bonds is 4. The highest BCUT2D eigenvalue weighted by molar-refractivity contribution is 7.89. The Morgan fingerprint density at radius 1 is 1.14 bits per heavy atom. The van der Waals surface area contributed by atoms with E-state index in [0.29, 0.717) is 29.8 Å². The molecule has 0 unspecified atom stereocenters. The lowest BCUT2D eigenvalue weighted by molar-refractivity contribution is 0.265. The Kier molecular flexibility index (Phi) is 5.46. The van der Waals surface area contributed by atoms with Crippen molar-refractivity contribution in [3.63, 3.8) is 0 Å². The third kappa shape index (κ3) is 4.08. The normalized spacial score (nSPS) is 18.1. The van der Waals surface area contributed by atoms with Crippen LogP contribution in [0.15, 0.2) is 51.9 Å². The summed E-state index contributed by atoms with van der Waals surface area (Å²) in [4.78, 5) is 4.74. The van der Waals surface area contributed by atoms with Gasteiger partial charge in [-0.05, 0) is 44.4 Å². The molecule has 0 spiro atoms. The summed E-state index contributed by atoms with van der Waals surface area (Å²) in [5.41, 5.74) is 2.87. The molecule has 0 bridgehead atoms. The molecule has 1 fully saturated rings. The molecule has 6 nitrogen and oxygen atoms in total. The van der Waals surface area contributed by atoms with Crippen LogP contribution in [-0.2, 0) is 10.0 Å². The second kappa shape index (κ2) is 7.89. The van der Waals surface area contributed by atoms with E-state index in [9.17, 15) is 8.42 Å². The first-order valence-corrected chi connectivity index (χ1v) is 11.3. The van der Waals surface area contributed by atoms with E-state index in [1.165, 1.54) is 10.4 Å². The van der Waals surface area contributed by atoms with Gasteiger partial charge in [0.2, 0.25) is 21.7 Å². The molecule has 0 saturated carbocycles. The van der Waals surface area contributed by atoms with Crippen LogP contribution in [0, 0.1) is 13.8 Å². The quantitative estimate of drug-likeness (QED) is 0.604. The zero-order valence-corrected chi connectivity index (χ0v) is 17.9. The molecule has 29 heavy (non-hydrogen) atoms. The van der Waals surface area contributed by atoms with E-state index in [2.05, 4.69) is 10.1 Å². The minimum Gasteiger partial charge on any atom is -0.339 e. The van der Waals surface area contributed by atoms with Crippen molar-refractivity contribution in [3.8, 4) is 11.4 Å². The molecular weight excluding hydrogens is 410 g/mol. The summed E-state index contributed by atoms with van der Waals surface area (Å²) in [7, 11) is -3.63. The van der Waals surface area contributed by atoms with Crippen LogP contribution in [-0.4, -0.2) is 36.0 Å². The highest BCUT2D eigenvalue weighted by Crippen LogP contribution is 2.31. The van der Waals surface area contributed by atoms with Crippen molar-refractivity contribution in [2.24, 2.45) is 0 Å². The fourth-order valence-electron chi connectivity index (χ4n) is 3.47. The Balaban J connectivity index is 1.55. The van der Waals surface area contributed by atoms with Crippen LogP contribution in [0.1, 0.15) is 35.8 Å². The summed E-state index contributed by atoms with van der Waals surface area (Å²) in [5.74, 6) is 0.860. The maximum absolute atomic E-state index is 13.1. The highest BCUT2D eigenvalue weighted by Gasteiger charge is 2.33. The van der Waals surface area contributed by atoms with Gasteiger partial charge in [-0.1, -0.05) is 52.7 Å². The molecule has 0 N–H and O–H groups in total. The summed E-state index contributed by atoms with van der Waals surface area (Å²) < 4.78 is 33.1. The first kappa shape index (κ1) is 20.1. The molecule has 0 amide bonds. The van der Waals surface area contributed by atoms with Crippen LogP contribution in [0.25, 0.3) is 11.4 Å². The van der Waals surface area contributed by atoms with E-state index in [-0.39, 0.29) is 10.8 Å². The van der Waals surface area contributed by atoms with Crippen molar-refractivity contribution >= 4 is 21.6 Å². The van der Waals surface area contributed by atoms with Crippen LogP contribution >= 0.6 is 11.6 Å².